The van der Waals surface area contributed by atoms with Gasteiger partial charge in [0.2, 0.25) is 11.8 Å². The van der Waals surface area contributed by atoms with Crippen molar-refractivity contribution in [2.75, 3.05) is 26.2 Å². The van der Waals surface area contributed by atoms with Gasteiger partial charge in [0.25, 0.3) is 0 Å². The lowest BCUT2D eigenvalue weighted by Gasteiger charge is -2.38. The summed E-state index contributed by atoms with van der Waals surface area (Å²) < 4.78 is 42.2. The molecule has 1 N–H and O–H groups in total. The third kappa shape index (κ3) is 4.59. The van der Waals surface area contributed by atoms with Gasteiger partial charge >= 0.3 is 6.18 Å². The monoisotopic (exact) mass is 582 g/mol. The van der Waals surface area contributed by atoms with E-state index < -0.39 is 53.7 Å². The number of hydrogen-bond donors (Lipinski definition) is 1. The summed E-state index contributed by atoms with van der Waals surface area (Å²) in [5, 5.41) is 12.9. The number of carbonyl (C=O) groups excluding carboxylic acids is 2. The fourth-order valence-corrected chi connectivity index (χ4v) is 10.1. The molecule has 7 rings (SSSR count). The summed E-state index contributed by atoms with van der Waals surface area (Å²) in [6.07, 6.45) is -0.177. The fraction of sp³-hybridized carbons (Fsp3) is 0.647. The summed E-state index contributed by atoms with van der Waals surface area (Å²) in [5.41, 5.74) is 1.43. The zero-order valence-corrected chi connectivity index (χ0v) is 24.2. The highest BCUT2D eigenvalue weighted by molar-refractivity contribution is 6.06. The average molecular weight is 583 g/mol. The first-order chi connectivity index (χ1) is 20.1. The van der Waals surface area contributed by atoms with Crippen molar-refractivity contribution in [3.05, 3.63) is 48.0 Å². The first kappa shape index (κ1) is 28.3. The maximum absolute atomic E-state index is 14.1. The Morgan fingerprint density at radius 2 is 1.52 bits per heavy atom. The molecule has 42 heavy (non-hydrogen) atoms. The van der Waals surface area contributed by atoms with E-state index in [1.165, 1.54) is 28.2 Å². The second-order valence-electron chi connectivity index (χ2n) is 13.9. The third-order valence-electron chi connectivity index (χ3n) is 11.8. The second kappa shape index (κ2) is 10.6. The fourth-order valence-electron chi connectivity index (χ4n) is 10.1. The summed E-state index contributed by atoms with van der Waals surface area (Å²) >= 11 is 0. The molecular weight excluding hydrogens is 541 g/mol. The molecule has 0 aromatic heterocycles. The minimum Gasteiger partial charge on any atom is -0.393 e. The summed E-state index contributed by atoms with van der Waals surface area (Å²) in [6, 6.07) is 15.2. The van der Waals surface area contributed by atoms with Gasteiger partial charge in [-0.05, 0) is 104 Å². The Kier molecular flexibility index (Phi) is 7.16. The number of hydrogen-bond acceptors (Lipinski definition) is 4. The number of amides is 2. The van der Waals surface area contributed by atoms with E-state index in [1.54, 1.807) is 0 Å². The highest BCUT2D eigenvalue weighted by atomic mass is 19.4. The Labute approximate surface area is 245 Å². The van der Waals surface area contributed by atoms with Gasteiger partial charge in [0.05, 0.1) is 23.9 Å². The van der Waals surface area contributed by atoms with Gasteiger partial charge in [-0.1, -0.05) is 48.9 Å². The first-order valence-electron chi connectivity index (χ1n) is 15.9. The van der Waals surface area contributed by atoms with Gasteiger partial charge in [0.1, 0.15) is 0 Å². The number of aliphatic hydroxyl groups is 1. The van der Waals surface area contributed by atoms with Crippen LogP contribution in [0.2, 0.25) is 0 Å². The summed E-state index contributed by atoms with van der Waals surface area (Å²) in [7, 11) is 0. The van der Waals surface area contributed by atoms with E-state index in [9.17, 15) is 27.9 Å². The van der Waals surface area contributed by atoms with E-state index in [2.05, 4.69) is 47.4 Å². The van der Waals surface area contributed by atoms with Crippen LogP contribution in [0.1, 0.15) is 56.9 Å². The van der Waals surface area contributed by atoms with E-state index in [-0.39, 0.29) is 18.2 Å². The molecule has 2 aromatic rings. The van der Waals surface area contributed by atoms with Crippen LogP contribution in [0.4, 0.5) is 13.2 Å². The van der Waals surface area contributed by atoms with Crippen LogP contribution in [0.5, 0.6) is 0 Å². The Morgan fingerprint density at radius 3 is 2.21 bits per heavy atom. The van der Waals surface area contributed by atoms with Gasteiger partial charge in [0.15, 0.2) is 0 Å². The van der Waals surface area contributed by atoms with Crippen molar-refractivity contribution >= 4 is 22.6 Å². The molecule has 0 radical (unpaired) electrons. The lowest BCUT2D eigenvalue weighted by Crippen LogP contribution is -2.46. The highest BCUT2D eigenvalue weighted by Gasteiger charge is 2.72. The standard InChI is InChI=1S/C34H41F3N2O3/c1-19(40)28-26-16-27(31(28)34(35,36)37)30-29(26)32(41)39(33(30)42)18-23-9-4-8-22(23)17-38-14-12-21(13-15-38)25-11-5-7-20-6-2-3-10-24(20)25/h2-3,5-7,10-11,19,21-23,26-31,40H,4,8-9,12-18H2,1H3/t19?,22-,23-,26?,27?,28?,29?,30?,31?/m1/s1. The van der Waals surface area contributed by atoms with Crippen molar-refractivity contribution in [2.24, 2.45) is 47.3 Å². The number of imide groups is 1. The number of rotatable bonds is 6. The van der Waals surface area contributed by atoms with Gasteiger partial charge in [-0.3, -0.25) is 14.5 Å². The zero-order chi connectivity index (χ0) is 29.3. The average Bonchev–Trinajstić information content (AvgIpc) is 3.73. The number of nitrogens with zero attached hydrogens (tertiary/aromatic N) is 2. The lowest BCUT2D eigenvalue weighted by molar-refractivity contribution is -0.217. The van der Waals surface area contributed by atoms with Crippen LogP contribution in [0.25, 0.3) is 10.8 Å². The summed E-state index contributed by atoms with van der Waals surface area (Å²) in [4.78, 5) is 31.0. The van der Waals surface area contributed by atoms with Crippen molar-refractivity contribution in [3.63, 3.8) is 0 Å². The first-order valence-corrected chi connectivity index (χ1v) is 15.9. The topological polar surface area (TPSA) is 60.9 Å². The molecule has 5 nitrogen and oxygen atoms in total. The number of halogens is 3. The molecular formula is C34H41F3N2O3. The Balaban J connectivity index is 0.997. The Bertz CT molecular complexity index is 1350. The molecule has 2 heterocycles. The molecule has 7 unspecified atom stereocenters. The van der Waals surface area contributed by atoms with Crippen LogP contribution in [-0.4, -0.2) is 65.2 Å². The number of piperidine rings is 1. The number of benzene rings is 2. The van der Waals surface area contributed by atoms with Gasteiger partial charge in [-0.2, -0.15) is 13.2 Å². The van der Waals surface area contributed by atoms with E-state index in [4.69, 9.17) is 0 Å². The summed E-state index contributed by atoms with van der Waals surface area (Å²) in [5.74, 6) is -5.35. The van der Waals surface area contributed by atoms with Crippen LogP contribution in [0, 0.1) is 47.3 Å². The molecule has 5 fully saturated rings. The predicted octanol–water partition coefficient (Wildman–Crippen LogP) is 5.86. The maximum atomic E-state index is 14.1. The Hall–Kier alpha value is -2.45. The molecule has 5 aliphatic rings. The van der Waals surface area contributed by atoms with Gasteiger partial charge in [-0.25, -0.2) is 0 Å². The molecule has 3 aliphatic carbocycles. The molecule has 2 saturated heterocycles. The number of carbonyl (C=O) groups is 2. The molecule has 8 heteroatoms. The van der Waals surface area contributed by atoms with Gasteiger partial charge in [-0.15, -0.1) is 0 Å². The van der Waals surface area contributed by atoms with Crippen LogP contribution >= 0.6 is 0 Å². The molecule has 3 saturated carbocycles. The summed E-state index contributed by atoms with van der Waals surface area (Å²) in [6.45, 7) is 4.71. The second-order valence-corrected chi connectivity index (χ2v) is 13.9. The largest absolute Gasteiger partial charge is 0.393 e. The number of fused-ring (bicyclic) bond motifs is 6. The molecule has 2 bridgehead atoms. The number of alkyl halides is 3. The molecule has 2 amide bonds. The maximum Gasteiger partial charge on any atom is 0.392 e. The van der Waals surface area contributed by atoms with E-state index in [0.717, 1.165) is 51.7 Å². The van der Waals surface area contributed by atoms with Crippen LogP contribution < -0.4 is 0 Å². The number of aliphatic hydroxyl groups excluding tert-OH is 1. The number of likely N-dealkylation sites (tertiary alicyclic amines) is 2. The molecule has 2 aromatic carbocycles. The predicted molar refractivity (Wildman–Crippen MR) is 153 cm³/mol. The van der Waals surface area contributed by atoms with Gasteiger partial charge < -0.3 is 10.0 Å². The smallest absolute Gasteiger partial charge is 0.392 e. The van der Waals surface area contributed by atoms with Crippen molar-refractivity contribution < 1.29 is 27.9 Å². The molecule has 2 aliphatic heterocycles. The van der Waals surface area contributed by atoms with E-state index >= 15 is 0 Å². The lowest BCUT2D eigenvalue weighted by atomic mass is 9.67. The van der Waals surface area contributed by atoms with Crippen LogP contribution in [0.15, 0.2) is 42.5 Å². The zero-order valence-electron chi connectivity index (χ0n) is 24.2. The van der Waals surface area contributed by atoms with E-state index in [0.29, 0.717) is 18.4 Å². The minimum absolute atomic E-state index is 0.191. The quantitative estimate of drug-likeness (QED) is 0.434. The molecule has 0 spiro atoms. The molecule has 226 valence electrons. The van der Waals surface area contributed by atoms with Crippen molar-refractivity contribution in [3.8, 4) is 0 Å². The minimum atomic E-state index is -4.49. The van der Waals surface area contributed by atoms with Crippen LogP contribution in [0.3, 0.4) is 0 Å². The normalized spacial score (nSPS) is 36.4. The molecule has 9 atom stereocenters. The van der Waals surface area contributed by atoms with Crippen molar-refractivity contribution in [1.29, 1.82) is 0 Å². The SMILES string of the molecule is CC(O)C1C2CC(C3C(=O)N(C[C@H]4CCC[C@@H]4CN4CCC(c5cccc6ccccc56)CC4)C(=O)C23)C1C(F)(F)F. The van der Waals surface area contributed by atoms with Gasteiger partial charge in [0, 0.05) is 13.1 Å². The third-order valence-corrected chi connectivity index (χ3v) is 11.8. The van der Waals surface area contributed by atoms with E-state index in [1.807, 2.05) is 0 Å². The Morgan fingerprint density at radius 1 is 0.881 bits per heavy atom. The van der Waals surface area contributed by atoms with Crippen LogP contribution in [-0.2, 0) is 9.59 Å². The van der Waals surface area contributed by atoms with Crippen molar-refractivity contribution in [1.82, 2.24) is 9.80 Å². The highest BCUT2D eigenvalue weighted by Crippen LogP contribution is 2.65. The van der Waals surface area contributed by atoms with Crippen molar-refractivity contribution in [2.45, 2.75) is 63.6 Å².